The van der Waals surface area contributed by atoms with Gasteiger partial charge in [-0.3, -0.25) is 4.90 Å². The lowest BCUT2D eigenvalue weighted by atomic mass is 10.1. The molecule has 1 aromatic heterocycles. The minimum atomic E-state index is -0.895. The molecule has 1 atom stereocenters. The molecule has 0 aliphatic carbocycles. The Bertz CT molecular complexity index is 472. The van der Waals surface area contributed by atoms with Crippen molar-refractivity contribution in [3.8, 4) is 5.75 Å². The van der Waals surface area contributed by atoms with E-state index in [1.807, 2.05) is 6.92 Å². The summed E-state index contributed by atoms with van der Waals surface area (Å²) in [6.07, 6.45) is -1.02. The second-order valence-electron chi connectivity index (χ2n) is 4.79. The van der Waals surface area contributed by atoms with Gasteiger partial charge in [-0.25, -0.2) is 4.79 Å². The van der Waals surface area contributed by atoms with Gasteiger partial charge in [0.05, 0.1) is 21.8 Å². The predicted octanol–water partition coefficient (Wildman–Crippen LogP) is 3.89. The van der Waals surface area contributed by atoms with Gasteiger partial charge in [0, 0.05) is 5.56 Å². The number of rotatable bonds is 1. The van der Waals surface area contributed by atoms with E-state index in [1.165, 1.54) is 4.90 Å². The summed E-state index contributed by atoms with van der Waals surface area (Å²) < 4.78 is 6.97. The first-order chi connectivity index (χ1) is 8.40. The van der Waals surface area contributed by atoms with Crippen molar-refractivity contribution >= 4 is 33.4 Å². The molecular formula is C12H16BrNO3S. The summed E-state index contributed by atoms with van der Waals surface area (Å²) in [6, 6.07) is 0. The number of carbonyl (C=O) groups is 1. The molecule has 0 saturated carbocycles. The van der Waals surface area contributed by atoms with Gasteiger partial charge < -0.3 is 9.84 Å². The van der Waals surface area contributed by atoms with Gasteiger partial charge in [0.2, 0.25) is 0 Å². The normalized spacial score (nSPS) is 19.4. The lowest BCUT2D eigenvalue weighted by Gasteiger charge is -2.19. The van der Waals surface area contributed by atoms with Crippen molar-refractivity contribution in [2.45, 2.75) is 39.3 Å². The highest BCUT2D eigenvalue weighted by Gasteiger charge is 2.29. The Balaban J connectivity index is 2.43. The second-order valence-corrected chi connectivity index (χ2v) is 7.21. The number of nitrogens with zero attached hydrogens (tertiary/aromatic N) is 1. The van der Waals surface area contributed by atoms with Gasteiger partial charge in [-0.15, -0.1) is 11.3 Å². The van der Waals surface area contributed by atoms with Crippen LogP contribution in [0, 0.1) is 0 Å². The minimum absolute atomic E-state index is 0.124. The zero-order chi connectivity index (χ0) is 13.4. The van der Waals surface area contributed by atoms with Crippen molar-refractivity contribution in [1.29, 1.82) is 0 Å². The highest BCUT2D eigenvalue weighted by molar-refractivity contribution is 9.11. The van der Waals surface area contributed by atoms with E-state index in [4.69, 9.17) is 9.84 Å². The summed E-state index contributed by atoms with van der Waals surface area (Å²) >= 11 is 5.12. The van der Waals surface area contributed by atoms with Gasteiger partial charge in [0.25, 0.3) is 0 Å². The predicted molar refractivity (Wildman–Crippen MR) is 74.6 cm³/mol. The van der Waals surface area contributed by atoms with E-state index in [1.54, 1.807) is 11.3 Å². The Hall–Kier alpha value is -0.750. The summed E-state index contributed by atoms with van der Waals surface area (Å²) in [4.78, 5) is 13.5. The molecule has 1 aliphatic heterocycles. The Labute approximate surface area is 119 Å². The molecule has 1 amide bonds. The first-order valence-corrected chi connectivity index (χ1v) is 7.46. The third kappa shape index (κ3) is 2.49. The maximum absolute atomic E-state index is 11.2. The monoisotopic (exact) mass is 333 g/mol. The van der Waals surface area contributed by atoms with Crippen LogP contribution < -0.4 is 4.74 Å². The van der Waals surface area contributed by atoms with Crippen molar-refractivity contribution < 1.29 is 14.6 Å². The van der Waals surface area contributed by atoms with E-state index in [0.29, 0.717) is 19.0 Å². The van der Waals surface area contributed by atoms with Crippen LogP contribution in [-0.2, 0) is 6.54 Å². The van der Waals surface area contributed by atoms with Gasteiger partial charge in [-0.2, -0.15) is 0 Å². The quantitative estimate of drug-likeness (QED) is 0.847. The average Bonchev–Trinajstić information content (AvgIpc) is 2.43. The minimum Gasteiger partial charge on any atom is -0.487 e. The summed E-state index contributed by atoms with van der Waals surface area (Å²) in [5.41, 5.74) is 1.15. The standard InChI is InChI=1S/C12H16BrNO3S/c1-6(2)9-10-8(18-11(9)13)5-14(12(15)16)4-7(3)17-10/h6-7H,4-5H2,1-3H3,(H,15,16)/t7-/m0/s1. The maximum atomic E-state index is 11.2. The third-order valence-electron chi connectivity index (χ3n) is 2.90. The Morgan fingerprint density at radius 2 is 2.28 bits per heavy atom. The number of hydrogen-bond acceptors (Lipinski definition) is 3. The lowest BCUT2D eigenvalue weighted by molar-refractivity contribution is 0.121. The number of amides is 1. The van der Waals surface area contributed by atoms with Crippen LogP contribution in [0.2, 0.25) is 0 Å². The summed E-state index contributed by atoms with van der Waals surface area (Å²) in [5, 5.41) is 9.16. The van der Waals surface area contributed by atoms with Crippen molar-refractivity contribution in [1.82, 2.24) is 4.90 Å². The molecule has 1 N–H and O–H groups in total. The number of hydrogen-bond donors (Lipinski definition) is 1. The third-order valence-corrected chi connectivity index (χ3v) is 4.77. The average molecular weight is 334 g/mol. The molecule has 0 bridgehead atoms. The fourth-order valence-corrected chi connectivity index (χ4v) is 4.45. The fourth-order valence-electron chi connectivity index (χ4n) is 2.10. The smallest absolute Gasteiger partial charge is 0.407 e. The molecule has 0 unspecified atom stereocenters. The van der Waals surface area contributed by atoms with E-state index in [0.717, 1.165) is 20.0 Å². The second kappa shape index (κ2) is 5.09. The van der Waals surface area contributed by atoms with E-state index >= 15 is 0 Å². The SMILES string of the molecule is CC(C)c1c(Br)sc2c1O[C@@H](C)CN(C(=O)O)C2. The van der Waals surface area contributed by atoms with E-state index in [9.17, 15) is 4.79 Å². The van der Waals surface area contributed by atoms with E-state index in [2.05, 4.69) is 29.8 Å². The molecule has 0 spiro atoms. The van der Waals surface area contributed by atoms with Crippen molar-refractivity contribution in [2.75, 3.05) is 6.54 Å². The van der Waals surface area contributed by atoms with Crippen LogP contribution in [0.3, 0.4) is 0 Å². The highest BCUT2D eigenvalue weighted by Crippen LogP contribution is 2.45. The molecule has 0 radical (unpaired) electrons. The van der Waals surface area contributed by atoms with Gasteiger partial charge in [-0.1, -0.05) is 13.8 Å². The molecule has 1 aromatic rings. The molecule has 0 aromatic carbocycles. The Morgan fingerprint density at radius 1 is 1.61 bits per heavy atom. The summed E-state index contributed by atoms with van der Waals surface area (Å²) in [7, 11) is 0. The molecule has 4 nitrogen and oxygen atoms in total. The Kier molecular flexibility index (Phi) is 3.87. The molecule has 6 heteroatoms. The van der Waals surface area contributed by atoms with Gasteiger partial charge in [0.1, 0.15) is 11.9 Å². The van der Waals surface area contributed by atoms with Crippen molar-refractivity contribution in [2.24, 2.45) is 0 Å². The molecule has 18 heavy (non-hydrogen) atoms. The number of halogens is 1. The molecule has 1 aliphatic rings. The lowest BCUT2D eigenvalue weighted by Crippen LogP contribution is -2.34. The zero-order valence-electron chi connectivity index (χ0n) is 10.6. The molecule has 100 valence electrons. The van der Waals surface area contributed by atoms with Crippen molar-refractivity contribution in [3.63, 3.8) is 0 Å². The first kappa shape index (κ1) is 13.7. The van der Waals surface area contributed by atoms with Crippen molar-refractivity contribution in [3.05, 3.63) is 14.2 Å². The number of fused-ring (bicyclic) bond motifs is 1. The first-order valence-electron chi connectivity index (χ1n) is 5.85. The number of ether oxygens (including phenoxy) is 1. The molecule has 2 rings (SSSR count). The van der Waals surface area contributed by atoms with Crippen LogP contribution in [0.1, 0.15) is 37.1 Å². The van der Waals surface area contributed by atoms with Crippen LogP contribution in [0.25, 0.3) is 0 Å². The molecule has 0 saturated heterocycles. The van der Waals surface area contributed by atoms with E-state index in [-0.39, 0.29) is 6.10 Å². The van der Waals surface area contributed by atoms with E-state index < -0.39 is 6.09 Å². The highest BCUT2D eigenvalue weighted by atomic mass is 79.9. The van der Waals surface area contributed by atoms with Crippen LogP contribution in [0.4, 0.5) is 4.79 Å². The maximum Gasteiger partial charge on any atom is 0.407 e. The van der Waals surface area contributed by atoms with Gasteiger partial charge in [-0.05, 0) is 28.8 Å². The fraction of sp³-hybridized carbons (Fsp3) is 0.583. The summed E-state index contributed by atoms with van der Waals surface area (Å²) in [5.74, 6) is 1.22. The molecule has 0 fully saturated rings. The zero-order valence-corrected chi connectivity index (χ0v) is 13.0. The Morgan fingerprint density at radius 3 is 2.83 bits per heavy atom. The number of carboxylic acid groups (broad SMARTS) is 1. The molecular weight excluding hydrogens is 318 g/mol. The largest absolute Gasteiger partial charge is 0.487 e. The van der Waals surface area contributed by atoms with Gasteiger partial charge >= 0.3 is 6.09 Å². The topological polar surface area (TPSA) is 49.8 Å². The number of thiophene rings is 1. The van der Waals surface area contributed by atoms with Crippen LogP contribution in [0.15, 0.2) is 3.79 Å². The summed E-state index contributed by atoms with van der Waals surface area (Å²) in [6.45, 7) is 6.94. The molecule has 2 heterocycles. The van der Waals surface area contributed by atoms with Crippen LogP contribution >= 0.6 is 27.3 Å². The van der Waals surface area contributed by atoms with Crippen LogP contribution in [0.5, 0.6) is 5.75 Å². The van der Waals surface area contributed by atoms with Gasteiger partial charge in [0.15, 0.2) is 0 Å². The van der Waals surface area contributed by atoms with Crippen LogP contribution in [-0.4, -0.2) is 28.7 Å².